The zero-order chi connectivity index (χ0) is 21.5. The van der Waals surface area contributed by atoms with Gasteiger partial charge in [0, 0.05) is 17.2 Å². The molecule has 0 aliphatic rings. The Kier molecular flexibility index (Phi) is 7.84. The van der Waals surface area contributed by atoms with Crippen molar-refractivity contribution >= 4 is 55.4 Å². The molecule has 3 aromatic carbocycles. The van der Waals surface area contributed by atoms with E-state index in [4.69, 9.17) is 21.2 Å². The van der Waals surface area contributed by atoms with Gasteiger partial charge in [0.05, 0.1) is 20.1 Å². The lowest BCUT2D eigenvalue weighted by Crippen LogP contribution is -1.98. The zero-order valence-electron chi connectivity index (χ0n) is 15.4. The number of hydrogen-bond acceptors (Lipinski definition) is 5. The lowest BCUT2D eigenvalue weighted by atomic mass is 10.2. The summed E-state index contributed by atoms with van der Waals surface area (Å²) < 4.78 is 7.41. The van der Waals surface area contributed by atoms with Crippen LogP contribution in [0, 0.1) is 10.1 Å². The Morgan fingerprint density at radius 1 is 1.00 bits per heavy atom. The summed E-state index contributed by atoms with van der Waals surface area (Å²) in [6.07, 6.45) is 1.55. The number of non-ortho nitro benzene ring substituents is 1. The maximum atomic E-state index is 10.8. The van der Waals surface area contributed by atoms with Gasteiger partial charge in [-0.25, -0.2) is 0 Å². The van der Waals surface area contributed by atoms with E-state index in [0.717, 1.165) is 20.1 Å². The lowest BCUT2D eigenvalue weighted by molar-refractivity contribution is -0.384. The maximum Gasteiger partial charge on any atom is 0.269 e. The molecule has 0 radical (unpaired) electrons. The molecular formula is C21H15Br2ClN2O4. The summed E-state index contributed by atoms with van der Waals surface area (Å²) in [6.45, 7) is 0.525. The van der Waals surface area contributed by atoms with Crippen LogP contribution in [-0.2, 0) is 18.1 Å². The summed E-state index contributed by atoms with van der Waals surface area (Å²) in [5, 5.41) is 15.4. The minimum atomic E-state index is -0.446. The van der Waals surface area contributed by atoms with Crippen LogP contribution in [0.5, 0.6) is 5.75 Å². The number of benzene rings is 3. The van der Waals surface area contributed by atoms with Gasteiger partial charge in [0.25, 0.3) is 5.69 Å². The van der Waals surface area contributed by atoms with Gasteiger partial charge in [-0.3, -0.25) is 10.1 Å². The summed E-state index contributed by atoms with van der Waals surface area (Å²) in [5.41, 5.74) is 2.46. The summed E-state index contributed by atoms with van der Waals surface area (Å²) >= 11 is 12.9. The van der Waals surface area contributed by atoms with E-state index in [0.29, 0.717) is 22.9 Å². The fraction of sp³-hybridized carbons (Fsp3) is 0.0952. The van der Waals surface area contributed by atoms with E-state index in [1.54, 1.807) is 18.3 Å². The van der Waals surface area contributed by atoms with Gasteiger partial charge in [-0.15, -0.1) is 0 Å². The minimum Gasteiger partial charge on any atom is -0.487 e. The smallest absolute Gasteiger partial charge is 0.269 e. The Hall–Kier alpha value is -2.42. The molecular weight excluding hydrogens is 540 g/mol. The first-order valence-electron chi connectivity index (χ1n) is 8.67. The van der Waals surface area contributed by atoms with E-state index in [9.17, 15) is 10.1 Å². The first kappa shape index (κ1) is 22.3. The van der Waals surface area contributed by atoms with Gasteiger partial charge in [0.2, 0.25) is 0 Å². The predicted octanol–water partition coefficient (Wildman–Crippen LogP) is 6.90. The molecule has 0 aliphatic carbocycles. The number of nitrogens with zero attached hydrogens (tertiary/aromatic N) is 2. The van der Waals surface area contributed by atoms with Crippen LogP contribution in [0.2, 0.25) is 5.02 Å². The summed E-state index contributed by atoms with van der Waals surface area (Å²) in [5.74, 6) is 0.666. The fourth-order valence-corrected chi connectivity index (χ4v) is 4.07. The summed E-state index contributed by atoms with van der Waals surface area (Å²) in [7, 11) is 0. The Bertz CT molecular complexity index is 1050. The van der Waals surface area contributed by atoms with E-state index in [-0.39, 0.29) is 12.3 Å². The monoisotopic (exact) mass is 552 g/mol. The first-order valence-corrected chi connectivity index (χ1v) is 10.6. The molecule has 0 spiro atoms. The van der Waals surface area contributed by atoms with Crippen molar-refractivity contribution in [2.45, 2.75) is 13.2 Å². The molecule has 6 nitrogen and oxygen atoms in total. The minimum absolute atomic E-state index is 0.0159. The van der Waals surface area contributed by atoms with Gasteiger partial charge in [-0.05, 0) is 72.8 Å². The highest BCUT2D eigenvalue weighted by molar-refractivity contribution is 9.11. The lowest BCUT2D eigenvalue weighted by Gasteiger charge is -2.11. The SMILES string of the molecule is O=[N+]([O-])c1cccc(CO/N=C\c2cc(Br)c(OCc3ccc(Cl)cc3)c(Br)c2)c1. The number of ether oxygens (including phenoxy) is 1. The molecule has 0 atom stereocenters. The highest BCUT2D eigenvalue weighted by Crippen LogP contribution is 2.35. The van der Waals surface area contributed by atoms with Crippen molar-refractivity contribution in [3.63, 3.8) is 0 Å². The van der Waals surface area contributed by atoms with Crippen LogP contribution >= 0.6 is 43.5 Å². The average Bonchev–Trinajstić information content (AvgIpc) is 2.72. The van der Waals surface area contributed by atoms with E-state index < -0.39 is 4.92 Å². The maximum absolute atomic E-state index is 10.8. The largest absolute Gasteiger partial charge is 0.487 e. The van der Waals surface area contributed by atoms with Crippen molar-refractivity contribution in [3.8, 4) is 5.75 Å². The van der Waals surface area contributed by atoms with E-state index >= 15 is 0 Å². The molecule has 0 bridgehead atoms. The van der Waals surface area contributed by atoms with Crippen LogP contribution in [0.4, 0.5) is 5.69 Å². The van der Waals surface area contributed by atoms with Crippen LogP contribution in [-0.4, -0.2) is 11.1 Å². The number of rotatable bonds is 8. The van der Waals surface area contributed by atoms with Gasteiger partial charge < -0.3 is 9.57 Å². The third-order valence-electron chi connectivity index (χ3n) is 3.95. The average molecular weight is 555 g/mol. The molecule has 0 saturated carbocycles. The van der Waals surface area contributed by atoms with Crippen LogP contribution in [0.3, 0.4) is 0 Å². The van der Waals surface area contributed by atoms with Crippen molar-refractivity contribution in [1.29, 1.82) is 0 Å². The molecule has 0 N–H and O–H groups in total. The van der Waals surface area contributed by atoms with Gasteiger partial charge in [-0.2, -0.15) is 0 Å². The van der Waals surface area contributed by atoms with Crippen molar-refractivity contribution in [1.82, 2.24) is 0 Å². The Morgan fingerprint density at radius 3 is 2.37 bits per heavy atom. The van der Waals surface area contributed by atoms with Crippen molar-refractivity contribution in [2.24, 2.45) is 5.16 Å². The molecule has 0 amide bonds. The van der Waals surface area contributed by atoms with Crippen molar-refractivity contribution in [2.75, 3.05) is 0 Å². The molecule has 3 rings (SSSR count). The van der Waals surface area contributed by atoms with Crippen molar-refractivity contribution in [3.05, 3.63) is 101 Å². The quantitative estimate of drug-likeness (QED) is 0.172. The number of oxime groups is 1. The molecule has 0 heterocycles. The standard InChI is InChI=1S/C21H15Br2ClN2O4/c22-19-9-16(11-25-30-13-15-2-1-3-18(8-15)26(27)28)10-20(23)21(19)29-12-14-4-6-17(24)7-5-14/h1-11H,12-13H2/b25-11-. The van der Waals surface area contributed by atoms with Gasteiger partial charge in [-0.1, -0.05) is 41.0 Å². The molecule has 0 saturated heterocycles. The zero-order valence-corrected chi connectivity index (χ0v) is 19.4. The van der Waals surface area contributed by atoms with Crippen LogP contribution in [0.25, 0.3) is 0 Å². The van der Waals surface area contributed by atoms with Crippen LogP contribution in [0.15, 0.2) is 74.8 Å². The number of nitro groups is 1. The predicted molar refractivity (Wildman–Crippen MR) is 123 cm³/mol. The molecule has 0 aliphatic heterocycles. The van der Waals surface area contributed by atoms with Gasteiger partial charge >= 0.3 is 0 Å². The third-order valence-corrected chi connectivity index (χ3v) is 5.38. The number of halogens is 3. The molecule has 3 aromatic rings. The Labute approximate surface area is 194 Å². The van der Waals surface area contributed by atoms with Gasteiger partial charge in [0.1, 0.15) is 19.0 Å². The molecule has 0 unspecified atom stereocenters. The van der Waals surface area contributed by atoms with E-state index in [2.05, 4.69) is 37.0 Å². The van der Waals surface area contributed by atoms with E-state index in [1.165, 1.54) is 12.1 Å². The fourth-order valence-electron chi connectivity index (χ4n) is 2.50. The second-order valence-corrected chi connectivity index (χ2v) is 8.31. The Balaban J connectivity index is 1.59. The summed E-state index contributed by atoms with van der Waals surface area (Å²) in [4.78, 5) is 15.6. The molecule has 9 heteroatoms. The van der Waals surface area contributed by atoms with E-state index in [1.807, 2.05) is 36.4 Å². The van der Waals surface area contributed by atoms with Crippen LogP contribution in [0.1, 0.15) is 16.7 Å². The first-order chi connectivity index (χ1) is 14.4. The highest BCUT2D eigenvalue weighted by Gasteiger charge is 2.09. The normalized spacial score (nSPS) is 10.9. The van der Waals surface area contributed by atoms with Crippen molar-refractivity contribution < 1.29 is 14.5 Å². The summed E-state index contributed by atoms with van der Waals surface area (Å²) in [6, 6.07) is 17.4. The topological polar surface area (TPSA) is 74.0 Å². The molecule has 154 valence electrons. The second kappa shape index (κ2) is 10.6. The highest BCUT2D eigenvalue weighted by atomic mass is 79.9. The molecule has 0 fully saturated rings. The number of hydrogen-bond donors (Lipinski definition) is 0. The van der Waals surface area contributed by atoms with Gasteiger partial charge in [0.15, 0.2) is 0 Å². The van der Waals surface area contributed by atoms with Crippen LogP contribution < -0.4 is 4.74 Å². The number of nitro benzene ring substituents is 1. The molecule has 30 heavy (non-hydrogen) atoms. The second-order valence-electron chi connectivity index (χ2n) is 6.16. The molecule has 0 aromatic heterocycles. The Morgan fingerprint density at radius 2 is 1.70 bits per heavy atom. The third kappa shape index (κ3) is 6.29.